The Hall–Kier alpha value is -9.44. The van der Waals surface area contributed by atoms with E-state index in [-0.39, 0.29) is 22.6 Å². The van der Waals surface area contributed by atoms with Crippen LogP contribution in [0.4, 0.5) is 34.1 Å². The molecule has 0 aliphatic rings. The monoisotopic (exact) mass is 1050 g/mol. The maximum absolute atomic E-state index is 12.2. The molecule has 0 spiro atoms. The number of carbonyl (C=O) groups excluding carboxylic acids is 3. The first-order valence-electron chi connectivity index (χ1n) is 23.4. The van der Waals surface area contributed by atoms with Gasteiger partial charge < -0.3 is 37.1 Å². The standard InChI is InChI=1S/C26H23N2O2P.C18H15P.C8H8N4O2.C8H10N2O2/c1-30-26(29)23-18-11-19-24(25(23)27)28-31(20-12-5-2-6-13-20,21-14-7-3-8-15-21)22-16-9-4-10-17-22;1-4-10-16(11-5-1)19(17-12-6-2-7-13-17)18-14-8-3-9-15-18;1-14-8(13)5-3-2-4-6(7(5)9)11-12-10;1-12-8(11)5-3-2-4-6(9)7(5)10/h2-19H,27H2,1H3;1-15H;2-4H,9H2,1H3;2-4H,9-10H2,1H3. The smallest absolute Gasteiger partial charge is 0.340 e. The highest BCUT2D eigenvalue weighted by Gasteiger charge is 2.28. The molecule has 0 unspecified atom stereocenters. The van der Waals surface area contributed by atoms with Crippen LogP contribution in [0.3, 0.4) is 0 Å². The molecule has 14 nitrogen and oxygen atoms in total. The van der Waals surface area contributed by atoms with Crippen molar-refractivity contribution < 1.29 is 28.6 Å². The van der Waals surface area contributed by atoms with Crippen LogP contribution in [0.1, 0.15) is 31.1 Å². The number of nitrogen functional groups attached to an aromatic ring is 4. The van der Waals surface area contributed by atoms with Crippen LogP contribution in [0.25, 0.3) is 10.4 Å². The van der Waals surface area contributed by atoms with E-state index in [0.717, 1.165) is 15.9 Å². The number of para-hydroxylation sites is 3. The quantitative estimate of drug-likeness (QED) is 0.0181. The minimum Gasteiger partial charge on any atom is -0.465 e. The zero-order chi connectivity index (χ0) is 54.3. The molecule has 9 aromatic carbocycles. The van der Waals surface area contributed by atoms with Crippen LogP contribution in [0.2, 0.25) is 0 Å². The zero-order valence-corrected chi connectivity index (χ0v) is 43.7. The van der Waals surface area contributed by atoms with Crippen LogP contribution < -0.4 is 54.8 Å². The van der Waals surface area contributed by atoms with Crippen molar-refractivity contribution >= 4 is 98.8 Å². The van der Waals surface area contributed by atoms with E-state index in [1.807, 2.05) is 60.7 Å². The number of azide groups is 1. The molecule has 0 bridgehead atoms. The van der Waals surface area contributed by atoms with Gasteiger partial charge in [0.25, 0.3) is 0 Å². The van der Waals surface area contributed by atoms with Crippen molar-refractivity contribution in [3.63, 3.8) is 0 Å². The topological polar surface area (TPSA) is 244 Å². The van der Waals surface area contributed by atoms with Gasteiger partial charge in [-0.1, -0.05) is 211 Å². The van der Waals surface area contributed by atoms with Crippen molar-refractivity contribution in [1.29, 1.82) is 0 Å². The highest BCUT2D eigenvalue weighted by Crippen LogP contribution is 2.50. The summed E-state index contributed by atoms with van der Waals surface area (Å²) >= 11 is 0. The fourth-order valence-corrected chi connectivity index (χ4v) is 13.5. The SMILES string of the molecule is COC(=O)c1cccc(N)c1N.COC(=O)c1cccc(N=P(c2ccccc2)(c2ccccc2)c2ccccc2)c1N.COC(=O)c1cccc(N=[N+]=[N-])c1N.c1ccc(P(c2ccccc2)c2ccccc2)cc1. The molecule has 16 heteroatoms. The zero-order valence-electron chi connectivity index (χ0n) is 42.0. The fraction of sp³-hybridized carbons (Fsp3) is 0.0500. The second kappa shape index (κ2) is 28.1. The first-order valence-corrected chi connectivity index (χ1v) is 26.5. The van der Waals surface area contributed by atoms with Crippen molar-refractivity contribution in [1.82, 2.24) is 0 Å². The molecule has 382 valence electrons. The number of hydrogen-bond acceptors (Lipinski definition) is 12. The highest BCUT2D eigenvalue weighted by molar-refractivity contribution is 7.87. The molecule has 0 amide bonds. The minimum absolute atomic E-state index is 0.122. The molecule has 0 aromatic heterocycles. The molecule has 0 saturated carbocycles. The summed E-state index contributed by atoms with van der Waals surface area (Å²) in [5.41, 5.74) is 33.9. The third kappa shape index (κ3) is 14.0. The summed E-state index contributed by atoms with van der Waals surface area (Å²) in [4.78, 5) is 37.0. The minimum atomic E-state index is -2.47. The Labute approximate surface area is 443 Å². The Balaban J connectivity index is 0.000000178. The molecule has 0 fully saturated rings. The van der Waals surface area contributed by atoms with Crippen LogP contribution >= 0.6 is 15.0 Å². The average molecular weight is 1050 g/mol. The third-order valence-electron chi connectivity index (χ3n) is 11.4. The maximum Gasteiger partial charge on any atom is 0.340 e. The van der Waals surface area contributed by atoms with E-state index < -0.39 is 32.9 Å². The van der Waals surface area contributed by atoms with Gasteiger partial charge in [0, 0.05) is 20.8 Å². The van der Waals surface area contributed by atoms with Gasteiger partial charge in [-0.25, -0.2) is 14.4 Å². The molecule has 0 aliphatic carbocycles. The van der Waals surface area contributed by atoms with E-state index in [2.05, 4.69) is 147 Å². The Morgan fingerprint density at radius 3 is 1.05 bits per heavy atom. The summed E-state index contributed by atoms with van der Waals surface area (Å²) in [5.74, 6) is -1.50. The molecule has 0 radical (unpaired) electrons. The largest absolute Gasteiger partial charge is 0.465 e. The second-order valence-electron chi connectivity index (χ2n) is 16.0. The van der Waals surface area contributed by atoms with Gasteiger partial charge in [-0.05, 0) is 59.7 Å². The molecular formula is C60H56N8O6P2. The first kappa shape index (κ1) is 55.9. The number of anilines is 4. The van der Waals surface area contributed by atoms with Crippen molar-refractivity contribution in [2.75, 3.05) is 44.3 Å². The van der Waals surface area contributed by atoms with Crippen LogP contribution in [-0.4, -0.2) is 39.2 Å². The molecule has 0 saturated heterocycles. The summed E-state index contributed by atoms with van der Waals surface area (Å²) in [6, 6.07) is 77.9. The van der Waals surface area contributed by atoms with Gasteiger partial charge in [0.15, 0.2) is 0 Å². The molecule has 0 heterocycles. The summed E-state index contributed by atoms with van der Waals surface area (Å²) in [6.07, 6.45) is 0. The number of nitrogens with two attached hydrogens (primary N) is 4. The molecule has 9 aromatic rings. The number of methoxy groups -OCH3 is 3. The van der Waals surface area contributed by atoms with Gasteiger partial charge in [-0.15, -0.1) is 0 Å². The maximum atomic E-state index is 12.2. The lowest BCUT2D eigenvalue weighted by atomic mass is 10.1. The molecule has 9 rings (SSSR count). The molecule has 76 heavy (non-hydrogen) atoms. The van der Waals surface area contributed by atoms with Crippen LogP contribution in [-0.2, 0) is 14.2 Å². The number of hydrogen-bond donors (Lipinski definition) is 4. The molecular weight excluding hydrogens is 991 g/mol. The van der Waals surface area contributed by atoms with Gasteiger partial charge in [-0.2, -0.15) is 0 Å². The number of nitrogens with zero attached hydrogens (tertiary/aromatic N) is 4. The molecule has 0 aliphatic heterocycles. The van der Waals surface area contributed by atoms with Gasteiger partial charge in [0.2, 0.25) is 0 Å². The van der Waals surface area contributed by atoms with Crippen LogP contribution in [0, 0.1) is 0 Å². The van der Waals surface area contributed by atoms with E-state index in [4.69, 9.17) is 37.9 Å². The molecule has 0 atom stereocenters. The number of rotatable bonds is 11. The van der Waals surface area contributed by atoms with Gasteiger partial charge in [0.1, 0.15) is 0 Å². The van der Waals surface area contributed by atoms with E-state index in [1.54, 1.807) is 36.4 Å². The normalized spacial score (nSPS) is 10.3. The lowest BCUT2D eigenvalue weighted by molar-refractivity contribution is 0.0593. The van der Waals surface area contributed by atoms with Crippen LogP contribution in [0.15, 0.2) is 246 Å². The van der Waals surface area contributed by atoms with Crippen molar-refractivity contribution in [3.8, 4) is 0 Å². The van der Waals surface area contributed by atoms with Crippen LogP contribution in [0.5, 0.6) is 0 Å². The first-order chi connectivity index (χ1) is 37.0. The summed E-state index contributed by atoms with van der Waals surface area (Å²) in [7, 11) is 0.983. The van der Waals surface area contributed by atoms with Crippen molar-refractivity contribution in [2.45, 2.75) is 0 Å². The Kier molecular flexibility index (Phi) is 20.7. The summed E-state index contributed by atoms with van der Waals surface area (Å²) < 4.78 is 19.3. The van der Waals surface area contributed by atoms with E-state index in [9.17, 15) is 14.4 Å². The summed E-state index contributed by atoms with van der Waals surface area (Å²) in [5, 5.41) is 10.8. The predicted octanol–water partition coefficient (Wildman–Crippen LogP) is 10.9. The van der Waals surface area contributed by atoms with E-state index in [0.29, 0.717) is 28.2 Å². The lowest BCUT2D eigenvalue weighted by Crippen LogP contribution is -2.25. The van der Waals surface area contributed by atoms with Crippen molar-refractivity contribution in [2.24, 2.45) is 9.86 Å². The Bertz CT molecular complexity index is 3250. The number of esters is 3. The predicted molar refractivity (Wildman–Crippen MR) is 312 cm³/mol. The second-order valence-corrected chi connectivity index (χ2v) is 21.3. The van der Waals surface area contributed by atoms with Crippen molar-refractivity contribution in [3.05, 3.63) is 264 Å². The Morgan fingerprint density at radius 1 is 0.408 bits per heavy atom. The number of benzene rings is 9. The van der Waals surface area contributed by atoms with E-state index in [1.165, 1.54) is 49.4 Å². The molecule has 8 N–H and O–H groups in total. The number of carbonyl (C=O) groups is 3. The average Bonchev–Trinajstić information content (AvgIpc) is 3.52. The summed E-state index contributed by atoms with van der Waals surface area (Å²) in [6.45, 7) is 0. The van der Waals surface area contributed by atoms with Gasteiger partial charge in [0.05, 0.1) is 79.2 Å². The third-order valence-corrected chi connectivity index (χ3v) is 17.5. The van der Waals surface area contributed by atoms with Gasteiger partial charge in [-0.3, -0.25) is 4.74 Å². The van der Waals surface area contributed by atoms with Gasteiger partial charge >= 0.3 is 17.9 Å². The fourth-order valence-electron chi connectivity index (χ4n) is 7.67. The lowest BCUT2D eigenvalue weighted by Gasteiger charge is -2.27. The highest BCUT2D eigenvalue weighted by atomic mass is 31.2. The van der Waals surface area contributed by atoms with E-state index >= 15 is 0 Å². The number of ether oxygens (including phenoxy) is 3. The Morgan fingerprint density at radius 2 is 0.711 bits per heavy atom.